The Morgan fingerprint density at radius 2 is 1.11 bits per heavy atom. The van der Waals surface area contributed by atoms with Crippen molar-refractivity contribution in [2.45, 2.75) is 12.2 Å². The van der Waals surface area contributed by atoms with Gasteiger partial charge in [0.25, 0.3) is 0 Å². The van der Waals surface area contributed by atoms with Crippen molar-refractivity contribution in [3.63, 3.8) is 0 Å². The molecule has 4 aromatic rings. The van der Waals surface area contributed by atoms with Gasteiger partial charge in [0.1, 0.15) is 0 Å². The molecule has 0 aliphatic heterocycles. The number of fused-ring (bicyclic) bond motifs is 2. The summed E-state index contributed by atoms with van der Waals surface area (Å²) in [6.45, 7) is 0. The number of carbonyl (C=O) groups excluding carboxylic acids is 2. The second-order valence-corrected chi connectivity index (χ2v) is 6.80. The molecular weight excluding hydrogens is 352 g/mol. The molecule has 4 nitrogen and oxygen atoms in total. The molecule has 0 fully saturated rings. The van der Waals surface area contributed by atoms with Crippen molar-refractivity contribution >= 4 is 33.1 Å². The van der Waals surface area contributed by atoms with E-state index in [1.807, 2.05) is 42.5 Å². The number of hydrogen-bond acceptors (Lipinski definition) is 4. The lowest BCUT2D eigenvalue weighted by Gasteiger charge is -2.21. The predicted molar refractivity (Wildman–Crippen MR) is 108 cm³/mol. The maximum atomic E-state index is 12.9. The summed E-state index contributed by atoms with van der Waals surface area (Å²) in [6.07, 6.45) is -0.719. The minimum atomic E-state index is -2.79. The lowest BCUT2D eigenvalue weighted by atomic mass is 9.91. The molecule has 4 heteroatoms. The Hall–Kier alpha value is -3.34. The smallest absolute Gasteiger partial charge is 0.236 e. The Balaban J connectivity index is 1.68. The van der Waals surface area contributed by atoms with Crippen molar-refractivity contribution in [3.05, 3.63) is 96.1 Å². The summed E-state index contributed by atoms with van der Waals surface area (Å²) in [5, 5.41) is 24.0. The van der Waals surface area contributed by atoms with Gasteiger partial charge < -0.3 is 10.2 Å². The number of aliphatic hydroxyl groups is 2. The van der Waals surface area contributed by atoms with Crippen LogP contribution >= 0.6 is 0 Å². The highest BCUT2D eigenvalue weighted by atomic mass is 16.5. The lowest BCUT2D eigenvalue weighted by molar-refractivity contribution is -0.118. The van der Waals surface area contributed by atoms with Gasteiger partial charge >= 0.3 is 0 Å². The van der Waals surface area contributed by atoms with Gasteiger partial charge in [-0.15, -0.1) is 0 Å². The van der Waals surface area contributed by atoms with Gasteiger partial charge in [0, 0.05) is 11.1 Å². The fraction of sp³-hybridized carbons (Fsp3) is 0.0833. The zero-order valence-electron chi connectivity index (χ0n) is 15.0. The molecule has 0 aromatic heterocycles. The summed E-state index contributed by atoms with van der Waals surface area (Å²) in [6, 6.07) is 24.8. The Labute approximate surface area is 161 Å². The van der Waals surface area contributed by atoms with Crippen LogP contribution in [0, 0.1) is 0 Å². The molecule has 0 heterocycles. The molecule has 0 aliphatic rings. The van der Waals surface area contributed by atoms with Gasteiger partial charge in [-0.2, -0.15) is 0 Å². The maximum Gasteiger partial charge on any atom is 0.236 e. The number of hydrogen-bond donors (Lipinski definition) is 2. The molecule has 28 heavy (non-hydrogen) atoms. The minimum Gasteiger partial charge on any atom is -0.359 e. The topological polar surface area (TPSA) is 74.6 Å². The zero-order valence-corrected chi connectivity index (χ0v) is 15.0. The molecule has 0 amide bonds. The number of benzene rings is 4. The van der Waals surface area contributed by atoms with Gasteiger partial charge in [-0.1, -0.05) is 84.9 Å². The van der Waals surface area contributed by atoms with Crippen LogP contribution in [0.25, 0.3) is 21.5 Å². The summed E-state index contributed by atoms with van der Waals surface area (Å²) in [7, 11) is 0. The highest BCUT2D eigenvalue weighted by Gasteiger charge is 2.37. The Morgan fingerprint density at radius 3 is 1.71 bits per heavy atom. The first-order chi connectivity index (χ1) is 13.5. The largest absolute Gasteiger partial charge is 0.359 e. The van der Waals surface area contributed by atoms with Gasteiger partial charge in [0.05, 0.1) is 6.42 Å². The van der Waals surface area contributed by atoms with E-state index in [4.69, 9.17) is 0 Å². The minimum absolute atomic E-state index is 0.175. The van der Waals surface area contributed by atoms with E-state index in [1.54, 1.807) is 36.4 Å². The summed E-state index contributed by atoms with van der Waals surface area (Å²) in [5.41, 5.74) is 0.533. The Morgan fingerprint density at radius 1 is 0.643 bits per heavy atom. The monoisotopic (exact) mass is 370 g/mol. The van der Waals surface area contributed by atoms with Gasteiger partial charge in [-0.3, -0.25) is 9.59 Å². The van der Waals surface area contributed by atoms with E-state index in [1.165, 1.54) is 6.07 Å². The standard InChI is InChI=1S/C24H18O4/c25-22(20-13-5-9-16-7-1-3-11-18(16)20)15-24(27,28)23(26)21-14-6-10-17-8-2-4-12-19(17)21/h1-14,27-28H,15H2. The number of ketones is 2. The van der Waals surface area contributed by atoms with E-state index in [0.717, 1.165) is 10.8 Å². The normalized spacial score (nSPS) is 11.6. The third-order valence-electron chi connectivity index (χ3n) is 4.90. The third kappa shape index (κ3) is 3.20. The molecule has 0 saturated carbocycles. The molecule has 0 bridgehead atoms. The van der Waals surface area contributed by atoms with Crippen LogP contribution in [0.15, 0.2) is 84.9 Å². The average molecular weight is 370 g/mol. The summed E-state index contributed by atoms with van der Waals surface area (Å²) < 4.78 is 0. The van der Waals surface area contributed by atoms with Gasteiger partial charge in [-0.05, 0) is 21.5 Å². The molecule has 4 rings (SSSR count). The molecule has 0 unspecified atom stereocenters. The molecule has 0 spiro atoms. The fourth-order valence-electron chi connectivity index (χ4n) is 3.51. The SMILES string of the molecule is O=C(CC(O)(O)C(=O)c1cccc2ccccc12)c1cccc2ccccc12. The average Bonchev–Trinajstić information content (AvgIpc) is 2.72. The van der Waals surface area contributed by atoms with E-state index in [9.17, 15) is 19.8 Å². The van der Waals surface area contributed by atoms with Crippen molar-refractivity contribution < 1.29 is 19.8 Å². The molecule has 0 radical (unpaired) electrons. The van der Waals surface area contributed by atoms with Crippen LogP contribution in [-0.2, 0) is 0 Å². The van der Waals surface area contributed by atoms with E-state index in [2.05, 4.69) is 0 Å². The number of Topliss-reactive ketones (excluding diaryl/α,β-unsaturated/α-hetero) is 2. The first kappa shape index (κ1) is 18.0. The molecule has 4 aromatic carbocycles. The van der Waals surface area contributed by atoms with Crippen LogP contribution < -0.4 is 0 Å². The number of rotatable bonds is 5. The van der Waals surface area contributed by atoms with Crippen molar-refractivity contribution in [3.8, 4) is 0 Å². The van der Waals surface area contributed by atoms with Gasteiger partial charge in [0.2, 0.25) is 11.6 Å². The van der Waals surface area contributed by atoms with Crippen molar-refractivity contribution in [1.82, 2.24) is 0 Å². The molecule has 0 saturated heterocycles. The summed E-state index contributed by atoms with van der Waals surface area (Å²) in [4.78, 5) is 25.7. The highest BCUT2D eigenvalue weighted by molar-refractivity contribution is 6.15. The molecule has 138 valence electrons. The zero-order chi connectivity index (χ0) is 19.7. The maximum absolute atomic E-state index is 12.9. The predicted octanol–water partition coefficient (Wildman–Crippen LogP) is 4.13. The molecule has 2 N–H and O–H groups in total. The summed E-state index contributed by atoms with van der Waals surface area (Å²) >= 11 is 0. The van der Waals surface area contributed by atoms with E-state index in [0.29, 0.717) is 16.3 Å². The first-order valence-corrected chi connectivity index (χ1v) is 8.96. The van der Waals surface area contributed by atoms with E-state index in [-0.39, 0.29) is 5.56 Å². The number of carbonyl (C=O) groups is 2. The summed E-state index contributed by atoms with van der Waals surface area (Å²) in [5.74, 6) is -4.19. The van der Waals surface area contributed by atoms with Crippen LogP contribution in [0.4, 0.5) is 0 Å². The van der Waals surface area contributed by atoms with Crippen molar-refractivity contribution in [1.29, 1.82) is 0 Å². The van der Waals surface area contributed by atoms with Crippen molar-refractivity contribution in [2.75, 3.05) is 0 Å². The highest BCUT2D eigenvalue weighted by Crippen LogP contribution is 2.26. The third-order valence-corrected chi connectivity index (χ3v) is 4.90. The second-order valence-electron chi connectivity index (χ2n) is 6.80. The van der Waals surface area contributed by atoms with Crippen molar-refractivity contribution in [2.24, 2.45) is 0 Å². The molecule has 0 aliphatic carbocycles. The molecular formula is C24H18O4. The van der Waals surface area contributed by atoms with Crippen LogP contribution in [0.3, 0.4) is 0 Å². The first-order valence-electron chi connectivity index (χ1n) is 8.96. The van der Waals surface area contributed by atoms with Gasteiger partial charge in [0.15, 0.2) is 5.78 Å². The van der Waals surface area contributed by atoms with Crippen LogP contribution in [0.5, 0.6) is 0 Å². The Kier molecular flexibility index (Phi) is 4.51. The fourth-order valence-corrected chi connectivity index (χ4v) is 3.51. The lowest BCUT2D eigenvalue weighted by Crippen LogP contribution is -2.40. The van der Waals surface area contributed by atoms with E-state index >= 15 is 0 Å². The van der Waals surface area contributed by atoms with Gasteiger partial charge in [-0.25, -0.2) is 0 Å². The Bertz CT molecular complexity index is 1200. The molecule has 0 atom stereocenters. The van der Waals surface area contributed by atoms with E-state index < -0.39 is 23.8 Å². The second kappa shape index (κ2) is 7.00. The van der Waals surface area contributed by atoms with Crippen LogP contribution in [0.1, 0.15) is 27.1 Å². The van der Waals surface area contributed by atoms with Crippen LogP contribution in [-0.4, -0.2) is 27.6 Å². The van der Waals surface area contributed by atoms with Crippen LogP contribution in [0.2, 0.25) is 0 Å². The quantitative estimate of drug-likeness (QED) is 0.409.